The van der Waals surface area contributed by atoms with Crippen LogP contribution in [0.2, 0.25) is 10.0 Å². The summed E-state index contributed by atoms with van der Waals surface area (Å²) in [6.45, 7) is 6.02. The van der Waals surface area contributed by atoms with Gasteiger partial charge in [-0.15, -0.1) is 16.7 Å². The molecule has 1 aromatic heterocycles. The second kappa shape index (κ2) is 8.39. The lowest BCUT2D eigenvalue weighted by atomic mass is 9.95. The highest BCUT2D eigenvalue weighted by molar-refractivity contribution is 6.36. The summed E-state index contributed by atoms with van der Waals surface area (Å²) < 4.78 is 6.76. The molecule has 0 aliphatic carbocycles. The molecule has 2 aromatic rings. The standard InChI is InChI=1S/C17H20Cl3N3O2/c1-4-5-8-25-16-21-14(12-7-6-11(19)9-13(12)20)23(22-16)15(24)17(2,3)10-18/h6-7,9H,4-5,8,10H2,1-3H3. The molecular weight excluding hydrogens is 385 g/mol. The van der Waals surface area contributed by atoms with E-state index in [0.717, 1.165) is 12.8 Å². The third-order valence-corrected chi connectivity index (χ3v) is 4.81. The van der Waals surface area contributed by atoms with Gasteiger partial charge in [-0.25, -0.2) is 0 Å². The molecule has 8 heteroatoms. The summed E-state index contributed by atoms with van der Waals surface area (Å²) in [5.74, 6) is 0.156. The smallest absolute Gasteiger partial charge is 0.336 e. The molecular formula is C17H20Cl3N3O2. The topological polar surface area (TPSA) is 57.0 Å². The molecule has 1 heterocycles. The zero-order valence-electron chi connectivity index (χ0n) is 14.4. The van der Waals surface area contributed by atoms with Crippen molar-refractivity contribution in [2.45, 2.75) is 33.6 Å². The number of alkyl halides is 1. The van der Waals surface area contributed by atoms with Gasteiger partial charge in [-0.1, -0.05) is 36.5 Å². The van der Waals surface area contributed by atoms with Crippen LogP contribution in [0.1, 0.15) is 38.4 Å². The molecule has 0 N–H and O–H groups in total. The van der Waals surface area contributed by atoms with Crippen LogP contribution < -0.4 is 4.74 Å². The van der Waals surface area contributed by atoms with E-state index in [9.17, 15) is 4.79 Å². The summed E-state index contributed by atoms with van der Waals surface area (Å²) >= 11 is 18.2. The monoisotopic (exact) mass is 403 g/mol. The van der Waals surface area contributed by atoms with Crippen molar-refractivity contribution in [3.63, 3.8) is 0 Å². The van der Waals surface area contributed by atoms with Crippen molar-refractivity contribution < 1.29 is 9.53 Å². The largest absolute Gasteiger partial charge is 0.462 e. The maximum atomic E-state index is 12.9. The first-order valence-corrected chi connectivity index (χ1v) is 9.25. The van der Waals surface area contributed by atoms with Crippen molar-refractivity contribution in [2.75, 3.05) is 12.5 Å². The molecule has 0 amide bonds. The van der Waals surface area contributed by atoms with Crippen molar-refractivity contribution in [2.24, 2.45) is 5.41 Å². The van der Waals surface area contributed by atoms with Crippen LogP contribution in [0.4, 0.5) is 0 Å². The van der Waals surface area contributed by atoms with Crippen LogP contribution in [0.25, 0.3) is 11.4 Å². The number of carbonyl (C=O) groups is 1. The van der Waals surface area contributed by atoms with Gasteiger partial charge in [-0.3, -0.25) is 4.79 Å². The van der Waals surface area contributed by atoms with Gasteiger partial charge in [0, 0.05) is 16.5 Å². The van der Waals surface area contributed by atoms with E-state index in [1.165, 1.54) is 4.68 Å². The molecule has 1 aromatic carbocycles. The lowest BCUT2D eigenvalue weighted by Gasteiger charge is -2.19. The molecule has 0 aliphatic rings. The molecule has 0 saturated carbocycles. The van der Waals surface area contributed by atoms with Crippen LogP contribution in [-0.2, 0) is 0 Å². The molecule has 0 saturated heterocycles. The van der Waals surface area contributed by atoms with Crippen LogP contribution in [0.5, 0.6) is 6.01 Å². The highest BCUT2D eigenvalue weighted by Crippen LogP contribution is 2.32. The summed E-state index contributed by atoms with van der Waals surface area (Å²) in [5, 5.41) is 5.08. The quantitative estimate of drug-likeness (QED) is 0.462. The van der Waals surface area contributed by atoms with E-state index in [2.05, 4.69) is 17.0 Å². The highest BCUT2D eigenvalue weighted by Gasteiger charge is 2.32. The Kier molecular flexibility index (Phi) is 6.72. The number of halogens is 3. The van der Waals surface area contributed by atoms with Crippen LogP contribution >= 0.6 is 34.8 Å². The number of aromatic nitrogens is 3. The SMILES string of the molecule is CCCCOc1nc(-c2ccc(Cl)cc2Cl)n(C(=O)C(C)(C)CCl)n1. The number of benzene rings is 1. The Hall–Kier alpha value is -1.30. The molecule has 0 fully saturated rings. The van der Waals surface area contributed by atoms with E-state index in [0.29, 0.717) is 28.0 Å². The van der Waals surface area contributed by atoms with Crippen molar-refractivity contribution in [1.82, 2.24) is 14.8 Å². The minimum atomic E-state index is -0.816. The van der Waals surface area contributed by atoms with Gasteiger partial charge < -0.3 is 4.74 Å². The Balaban J connectivity index is 2.50. The van der Waals surface area contributed by atoms with Gasteiger partial charge in [0.2, 0.25) is 0 Å². The van der Waals surface area contributed by atoms with Crippen LogP contribution in [-0.4, -0.2) is 33.2 Å². The third kappa shape index (κ3) is 4.66. The number of hydrogen-bond donors (Lipinski definition) is 0. The summed E-state index contributed by atoms with van der Waals surface area (Å²) in [7, 11) is 0. The molecule has 0 spiro atoms. The molecule has 136 valence electrons. The third-order valence-electron chi connectivity index (χ3n) is 3.59. The number of hydrogen-bond acceptors (Lipinski definition) is 4. The van der Waals surface area contributed by atoms with Gasteiger partial charge in [0.25, 0.3) is 5.91 Å². The lowest BCUT2D eigenvalue weighted by molar-refractivity contribution is 0.0752. The zero-order chi connectivity index (χ0) is 18.6. The summed E-state index contributed by atoms with van der Waals surface area (Å²) in [6, 6.07) is 5.10. The number of rotatable bonds is 7. The maximum absolute atomic E-state index is 12.9. The first kappa shape index (κ1) is 20.0. The van der Waals surface area contributed by atoms with Gasteiger partial charge in [-0.05, 0) is 38.5 Å². The fourth-order valence-corrected chi connectivity index (χ4v) is 2.60. The van der Waals surface area contributed by atoms with E-state index in [1.807, 2.05) is 0 Å². The predicted molar refractivity (Wildman–Crippen MR) is 101 cm³/mol. The van der Waals surface area contributed by atoms with Crippen molar-refractivity contribution in [1.29, 1.82) is 0 Å². The van der Waals surface area contributed by atoms with Gasteiger partial charge >= 0.3 is 6.01 Å². The zero-order valence-corrected chi connectivity index (χ0v) is 16.6. The van der Waals surface area contributed by atoms with Crippen LogP contribution in [0, 0.1) is 5.41 Å². The molecule has 0 unspecified atom stereocenters. The Morgan fingerprint density at radius 3 is 2.64 bits per heavy atom. The minimum Gasteiger partial charge on any atom is -0.462 e. The number of unbranched alkanes of at least 4 members (excludes halogenated alkanes) is 1. The first-order valence-electron chi connectivity index (χ1n) is 7.96. The molecule has 25 heavy (non-hydrogen) atoms. The molecule has 2 rings (SSSR count). The van der Waals surface area contributed by atoms with Crippen molar-refractivity contribution >= 4 is 40.7 Å². The molecule has 0 radical (unpaired) electrons. The molecule has 0 aliphatic heterocycles. The lowest BCUT2D eigenvalue weighted by Crippen LogP contribution is -2.32. The van der Waals surface area contributed by atoms with E-state index < -0.39 is 5.41 Å². The Morgan fingerprint density at radius 2 is 2.04 bits per heavy atom. The van der Waals surface area contributed by atoms with Gasteiger partial charge in [0.1, 0.15) is 0 Å². The Labute approximate surface area is 162 Å². The van der Waals surface area contributed by atoms with Crippen LogP contribution in [0.3, 0.4) is 0 Å². The average Bonchev–Trinajstić information content (AvgIpc) is 2.98. The Morgan fingerprint density at radius 1 is 1.32 bits per heavy atom. The van der Waals surface area contributed by atoms with Gasteiger partial charge in [0.15, 0.2) is 5.82 Å². The predicted octanol–water partition coefficient (Wildman–Crippen LogP) is 5.34. The molecule has 0 bridgehead atoms. The second-order valence-electron chi connectivity index (χ2n) is 6.28. The summed E-state index contributed by atoms with van der Waals surface area (Å²) in [4.78, 5) is 17.2. The minimum absolute atomic E-state index is 0.133. The number of ether oxygens (including phenoxy) is 1. The van der Waals surface area contributed by atoms with Gasteiger partial charge in [0.05, 0.1) is 17.0 Å². The fourth-order valence-electron chi connectivity index (χ4n) is 1.99. The van der Waals surface area contributed by atoms with E-state index in [1.54, 1.807) is 32.0 Å². The van der Waals surface area contributed by atoms with Gasteiger partial charge in [-0.2, -0.15) is 9.67 Å². The summed E-state index contributed by atoms with van der Waals surface area (Å²) in [6.07, 6.45) is 1.85. The van der Waals surface area contributed by atoms with E-state index >= 15 is 0 Å². The molecule has 5 nitrogen and oxygen atoms in total. The number of nitrogens with zero attached hydrogens (tertiary/aromatic N) is 3. The molecule has 0 atom stereocenters. The maximum Gasteiger partial charge on any atom is 0.336 e. The average molecular weight is 405 g/mol. The van der Waals surface area contributed by atoms with Crippen molar-refractivity contribution in [3.8, 4) is 17.4 Å². The second-order valence-corrected chi connectivity index (χ2v) is 7.39. The Bertz CT molecular complexity index is 760. The van der Waals surface area contributed by atoms with Crippen LogP contribution in [0.15, 0.2) is 18.2 Å². The number of carbonyl (C=O) groups excluding carboxylic acids is 1. The normalized spacial score (nSPS) is 11.6. The van der Waals surface area contributed by atoms with E-state index in [-0.39, 0.29) is 17.8 Å². The fraction of sp³-hybridized carbons (Fsp3) is 0.471. The highest BCUT2D eigenvalue weighted by atomic mass is 35.5. The van der Waals surface area contributed by atoms with E-state index in [4.69, 9.17) is 39.5 Å². The summed E-state index contributed by atoms with van der Waals surface area (Å²) in [5.41, 5.74) is -0.272. The first-order chi connectivity index (χ1) is 11.8. The van der Waals surface area contributed by atoms with Crippen molar-refractivity contribution in [3.05, 3.63) is 28.2 Å².